The number of hydrogen-bond donors (Lipinski definition) is 1. The van der Waals surface area contributed by atoms with Crippen molar-refractivity contribution in [3.05, 3.63) is 59.2 Å². The minimum atomic E-state index is 0.274. The molecule has 0 bridgehead atoms. The molecule has 2 aliphatic rings. The molecule has 2 aromatic carbocycles. The lowest BCUT2D eigenvalue weighted by Gasteiger charge is -2.26. The third-order valence-corrected chi connectivity index (χ3v) is 4.58. The van der Waals surface area contributed by atoms with Crippen molar-refractivity contribution in [2.75, 3.05) is 13.2 Å². The van der Waals surface area contributed by atoms with Gasteiger partial charge in [0.05, 0.1) is 6.04 Å². The lowest BCUT2D eigenvalue weighted by Crippen LogP contribution is -2.29. The van der Waals surface area contributed by atoms with Gasteiger partial charge >= 0.3 is 0 Å². The van der Waals surface area contributed by atoms with Crippen LogP contribution < -0.4 is 4.74 Å². The van der Waals surface area contributed by atoms with Gasteiger partial charge in [0.25, 0.3) is 0 Å². The maximum Gasteiger partial charge on any atom is 0.127 e. The zero-order chi connectivity index (χ0) is 14.2. The summed E-state index contributed by atoms with van der Waals surface area (Å²) >= 11 is 0. The van der Waals surface area contributed by atoms with E-state index in [1.165, 1.54) is 23.1 Å². The quantitative estimate of drug-likeness (QED) is 0.870. The van der Waals surface area contributed by atoms with Gasteiger partial charge in [-0.3, -0.25) is 4.90 Å². The van der Waals surface area contributed by atoms with E-state index in [0.29, 0.717) is 12.6 Å². The number of rotatable bonds is 1. The molecule has 1 unspecified atom stereocenters. The van der Waals surface area contributed by atoms with Gasteiger partial charge in [-0.1, -0.05) is 24.3 Å². The van der Waals surface area contributed by atoms with Gasteiger partial charge in [0.2, 0.25) is 0 Å². The number of benzene rings is 2. The minimum absolute atomic E-state index is 0.274. The first-order valence-electron chi connectivity index (χ1n) is 7.58. The van der Waals surface area contributed by atoms with E-state index in [-0.39, 0.29) is 5.75 Å². The maximum atomic E-state index is 9.57. The molecular formula is C18H19NO2. The van der Waals surface area contributed by atoms with Gasteiger partial charge in [0, 0.05) is 18.2 Å². The number of ether oxygens (including phenoxy) is 1. The average molecular weight is 281 g/mol. The second-order valence-corrected chi connectivity index (χ2v) is 5.89. The summed E-state index contributed by atoms with van der Waals surface area (Å²) in [5.74, 6) is 1.10. The second-order valence-electron chi connectivity index (χ2n) is 5.89. The van der Waals surface area contributed by atoms with E-state index in [1.54, 1.807) is 12.1 Å². The molecule has 4 rings (SSSR count). The SMILES string of the molecule is Oc1ccc2c(c1)OCC2N1CCCc2ccccc2C1. The Morgan fingerprint density at radius 3 is 2.86 bits per heavy atom. The lowest BCUT2D eigenvalue weighted by atomic mass is 10.0. The molecule has 0 saturated heterocycles. The van der Waals surface area contributed by atoms with Crippen LogP contribution in [0.2, 0.25) is 0 Å². The zero-order valence-corrected chi connectivity index (χ0v) is 12.0. The van der Waals surface area contributed by atoms with E-state index in [0.717, 1.165) is 25.3 Å². The number of nitrogens with zero attached hydrogens (tertiary/aromatic N) is 1. The molecule has 2 aromatic rings. The van der Waals surface area contributed by atoms with Crippen LogP contribution in [0.25, 0.3) is 0 Å². The summed E-state index contributed by atoms with van der Waals surface area (Å²) in [5.41, 5.74) is 4.11. The Hall–Kier alpha value is -2.00. The summed E-state index contributed by atoms with van der Waals surface area (Å²) in [6.07, 6.45) is 2.34. The molecule has 2 heterocycles. The third-order valence-electron chi connectivity index (χ3n) is 4.58. The van der Waals surface area contributed by atoms with Gasteiger partial charge in [-0.15, -0.1) is 0 Å². The van der Waals surface area contributed by atoms with Crippen molar-refractivity contribution in [1.29, 1.82) is 0 Å². The minimum Gasteiger partial charge on any atom is -0.508 e. The Labute approximate surface area is 124 Å². The summed E-state index contributed by atoms with van der Waals surface area (Å²) in [7, 11) is 0. The normalized spacial score (nSPS) is 21.2. The van der Waals surface area contributed by atoms with Gasteiger partial charge in [-0.2, -0.15) is 0 Å². The van der Waals surface area contributed by atoms with Gasteiger partial charge in [-0.25, -0.2) is 0 Å². The number of phenolic OH excluding ortho intramolecular Hbond substituents is 1. The van der Waals surface area contributed by atoms with Crippen LogP contribution in [0.1, 0.15) is 29.2 Å². The number of aryl methyl sites for hydroxylation is 1. The van der Waals surface area contributed by atoms with E-state index >= 15 is 0 Å². The molecule has 0 fully saturated rings. The molecule has 21 heavy (non-hydrogen) atoms. The molecule has 1 atom stereocenters. The van der Waals surface area contributed by atoms with Crippen LogP contribution in [0.3, 0.4) is 0 Å². The molecule has 0 saturated carbocycles. The number of hydrogen-bond acceptors (Lipinski definition) is 3. The second kappa shape index (κ2) is 5.08. The topological polar surface area (TPSA) is 32.7 Å². The summed E-state index contributed by atoms with van der Waals surface area (Å²) < 4.78 is 5.77. The predicted octanol–water partition coefficient (Wildman–Crippen LogP) is 3.27. The molecular weight excluding hydrogens is 262 g/mol. The van der Waals surface area contributed by atoms with Crippen LogP contribution in [-0.4, -0.2) is 23.2 Å². The first kappa shape index (κ1) is 12.7. The highest BCUT2D eigenvalue weighted by atomic mass is 16.5. The van der Waals surface area contributed by atoms with E-state index in [2.05, 4.69) is 29.2 Å². The van der Waals surface area contributed by atoms with Crippen molar-refractivity contribution in [3.63, 3.8) is 0 Å². The Kier molecular flexibility index (Phi) is 3.08. The highest BCUT2D eigenvalue weighted by Crippen LogP contribution is 2.39. The molecule has 0 radical (unpaired) electrons. The van der Waals surface area contributed by atoms with Crippen LogP contribution in [0.4, 0.5) is 0 Å². The van der Waals surface area contributed by atoms with E-state index < -0.39 is 0 Å². The largest absolute Gasteiger partial charge is 0.508 e. The molecule has 0 amide bonds. The van der Waals surface area contributed by atoms with Crippen LogP contribution in [0, 0.1) is 0 Å². The molecule has 2 aliphatic heterocycles. The van der Waals surface area contributed by atoms with E-state index in [9.17, 15) is 5.11 Å². The Bertz CT molecular complexity index is 668. The van der Waals surface area contributed by atoms with Gasteiger partial charge in [0.15, 0.2) is 0 Å². The zero-order valence-electron chi connectivity index (χ0n) is 12.0. The van der Waals surface area contributed by atoms with Gasteiger partial charge in [-0.05, 0) is 42.6 Å². The summed E-state index contributed by atoms with van der Waals surface area (Å²) in [5, 5.41) is 9.57. The summed E-state index contributed by atoms with van der Waals surface area (Å²) in [6, 6.07) is 14.5. The van der Waals surface area contributed by atoms with Gasteiger partial charge < -0.3 is 9.84 Å². The Morgan fingerprint density at radius 2 is 1.95 bits per heavy atom. The summed E-state index contributed by atoms with van der Waals surface area (Å²) in [6.45, 7) is 2.74. The van der Waals surface area contributed by atoms with E-state index in [4.69, 9.17) is 4.74 Å². The molecule has 3 nitrogen and oxygen atoms in total. The third kappa shape index (κ3) is 2.28. The van der Waals surface area contributed by atoms with Crippen molar-refractivity contribution in [1.82, 2.24) is 4.90 Å². The number of phenols is 1. The summed E-state index contributed by atoms with van der Waals surface area (Å²) in [4.78, 5) is 2.51. The fourth-order valence-corrected chi connectivity index (χ4v) is 3.48. The predicted molar refractivity (Wildman–Crippen MR) is 81.5 cm³/mol. The van der Waals surface area contributed by atoms with Crippen LogP contribution >= 0.6 is 0 Å². The number of fused-ring (bicyclic) bond motifs is 2. The monoisotopic (exact) mass is 281 g/mol. The van der Waals surface area contributed by atoms with Crippen molar-refractivity contribution in [2.24, 2.45) is 0 Å². The van der Waals surface area contributed by atoms with Gasteiger partial charge in [0.1, 0.15) is 18.1 Å². The highest BCUT2D eigenvalue weighted by molar-refractivity contribution is 5.44. The maximum absolute atomic E-state index is 9.57. The lowest BCUT2D eigenvalue weighted by molar-refractivity contribution is 0.157. The van der Waals surface area contributed by atoms with Crippen molar-refractivity contribution in [3.8, 4) is 11.5 Å². The van der Waals surface area contributed by atoms with Crippen molar-refractivity contribution in [2.45, 2.75) is 25.4 Å². The molecule has 0 spiro atoms. The Balaban J connectivity index is 1.64. The molecule has 3 heteroatoms. The molecule has 0 aromatic heterocycles. The number of aromatic hydroxyl groups is 1. The van der Waals surface area contributed by atoms with E-state index in [1.807, 2.05) is 6.07 Å². The van der Waals surface area contributed by atoms with Crippen molar-refractivity contribution >= 4 is 0 Å². The molecule has 0 aliphatic carbocycles. The first-order valence-corrected chi connectivity index (χ1v) is 7.58. The van der Waals surface area contributed by atoms with Crippen LogP contribution in [0.15, 0.2) is 42.5 Å². The standard InChI is InChI=1S/C18H19NO2/c20-15-7-8-16-17(12-21-18(16)10-15)19-9-3-6-13-4-1-2-5-14(13)11-19/h1-2,4-5,7-8,10,17,20H,3,6,9,11-12H2. The van der Waals surface area contributed by atoms with Crippen LogP contribution in [-0.2, 0) is 13.0 Å². The highest BCUT2D eigenvalue weighted by Gasteiger charge is 2.30. The van der Waals surface area contributed by atoms with Crippen molar-refractivity contribution < 1.29 is 9.84 Å². The smallest absolute Gasteiger partial charge is 0.127 e. The first-order chi connectivity index (χ1) is 10.3. The molecule has 108 valence electrons. The average Bonchev–Trinajstić information content (AvgIpc) is 2.78. The fraction of sp³-hybridized carbons (Fsp3) is 0.333. The Morgan fingerprint density at radius 1 is 1.10 bits per heavy atom. The van der Waals surface area contributed by atoms with Crippen LogP contribution in [0.5, 0.6) is 11.5 Å². The molecule has 1 N–H and O–H groups in total. The fourth-order valence-electron chi connectivity index (χ4n) is 3.48.